The van der Waals surface area contributed by atoms with Gasteiger partial charge in [-0.15, -0.1) is 11.3 Å². The van der Waals surface area contributed by atoms with Gasteiger partial charge in [-0.25, -0.2) is 9.97 Å². The molecule has 4 rings (SSSR count). The van der Waals surface area contributed by atoms with Gasteiger partial charge in [0, 0.05) is 23.1 Å². The van der Waals surface area contributed by atoms with Crippen molar-refractivity contribution in [3.63, 3.8) is 0 Å². The number of rotatable bonds is 6. The number of hydrogen-bond donors (Lipinski definition) is 0. The third kappa shape index (κ3) is 4.19. The number of halogens is 3. The smallest absolute Gasteiger partial charge is 0.274 e. The number of carbonyl (C=O) groups is 1. The molecule has 1 amide bonds. The standard InChI is InChI=1S/C20H15ClF2N4OS2/c1-12(28)26(15-6-4-5-13(21)9-15)19-24-14(10-29-19)11-30-20-25-16-7-2-3-8-17(16)27(20)18(22)23/h2-10,18H,11H2,1H3. The summed E-state index contributed by atoms with van der Waals surface area (Å²) in [5.74, 6) is 0.138. The van der Waals surface area contributed by atoms with E-state index in [2.05, 4.69) is 9.97 Å². The quantitative estimate of drug-likeness (QED) is 0.305. The fourth-order valence-corrected chi connectivity index (χ4v) is 5.04. The number of thiazole rings is 1. The fraction of sp³-hybridized carbons (Fsp3) is 0.150. The van der Waals surface area contributed by atoms with Gasteiger partial charge < -0.3 is 0 Å². The van der Waals surface area contributed by atoms with Crippen molar-refractivity contribution in [2.24, 2.45) is 0 Å². The van der Waals surface area contributed by atoms with E-state index in [0.717, 1.165) is 4.57 Å². The number of anilines is 2. The summed E-state index contributed by atoms with van der Waals surface area (Å²) in [6.45, 7) is -1.25. The normalized spacial score (nSPS) is 11.4. The van der Waals surface area contributed by atoms with E-state index in [9.17, 15) is 13.6 Å². The molecule has 0 radical (unpaired) electrons. The third-order valence-electron chi connectivity index (χ3n) is 4.22. The van der Waals surface area contributed by atoms with Gasteiger partial charge in [0.05, 0.1) is 22.4 Å². The number of benzene rings is 2. The van der Waals surface area contributed by atoms with Crippen LogP contribution in [0.3, 0.4) is 0 Å². The number of carbonyl (C=O) groups excluding carboxylic acids is 1. The minimum absolute atomic E-state index is 0.203. The van der Waals surface area contributed by atoms with Gasteiger partial charge in [0.15, 0.2) is 10.3 Å². The van der Waals surface area contributed by atoms with Crippen LogP contribution in [0, 0.1) is 0 Å². The Hall–Kier alpha value is -2.49. The molecule has 2 heterocycles. The largest absolute Gasteiger partial charge is 0.321 e. The van der Waals surface area contributed by atoms with E-state index in [1.54, 1.807) is 53.9 Å². The van der Waals surface area contributed by atoms with Crippen LogP contribution in [0.5, 0.6) is 0 Å². The molecule has 2 aromatic heterocycles. The van der Waals surface area contributed by atoms with Crippen LogP contribution < -0.4 is 4.90 Å². The van der Waals surface area contributed by atoms with Gasteiger partial charge in [-0.3, -0.25) is 14.3 Å². The summed E-state index contributed by atoms with van der Waals surface area (Å²) in [5.41, 5.74) is 2.19. The molecule has 4 aromatic rings. The molecule has 0 aliphatic carbocycles. The van der Waals surface area contributed by atoms with Gasteiger partial charge >= 0.3 is 6.55 Å². The van der Waals surface area contributed by atoms with Crippen molar-refractivity contribution < 1.29 is 13.6 Å². The Morgan fingerprint density at radius 1 is 1.23 bits per heavy atom. The number of para-hydroxylation sites is 2. The molecule has 0 fully saturated rings. The Labute approximate surface area is 184 Å². The van der Waals surface area contributed by atoms with Crippen LogP contribution in [0.1, 0.15) is 19.2 Å². The van der Waals surface area contributed by atoms with Crippen LogP contribution in [-0.4, -0.2) is 20.4 Å². The zero-order valence-corrected chi connectivity index (χ0v) is 18.0. The summed E-state index contributed by atoms with van der Waals surface area (Å²) in [7, 11) is 0. The summed E-state index contributed by atoms with van der Waals surface area (Å²) >= 11 is 8.53. The predicted molar refractivity (Wildman–Crippen MR) is 117 cm³/mol. The molecule has 10 heteroatoms. The van der Waals surface area contributed by atoms with E-state index < -0.39 is 6.55 Å². The van der Waals surface area contributed by atoms with Gasteiger partial charge in [0.1, 0.15) is 0 Å². The molecule has 0 aliphatic heterocycles. The van der Waals surface area contributed by atoms with Crippen molar-refractivity contribution in [2.45, 2.75) is 24.4 Å². The third-order valence-corrected chi connectivity index (χ3v) is 6.32. The van der Waals surface area contributed by atoms with Crippen molar-refractivity contribution in [3.8, 4) is 0 Å². The summed E-state index contributed by atoms with van der Waals surface area (Å²) < 4.78 is 28.1. The molecule has 5 nitrogen and oxygen atoms in total. The summed E-state index contributed by atoms with van der Waals surface area (Å²) in [5, 5.41) is 3.02. The van der Waals surface area contributed by atoms with E-state index >= 15 is 0 Å². The van der Waals surface area contributed by atoms with Gasteiger partial charge in [0.25, 0.3) is 0 Å². The number of fused-ring (bicyclic) bond motifs is 1. The van der Waals surface area contributed by atoms with Crippen LogP contribution in [-0.2, 0) is 10.5 Å². The summed E-state index contributed by atoms with van der Waals surface area (Å²) in [6, 6.07) is 13.7. The molecule has 30 heavy (non-hydrogen) atoms. The van der Waals surface area contributed by atoms with Gasteiger partial charge in [-0.1, -0.05) is 41.6 Å². The first kappa shape index (κ1) is 20.8. The molecule has 0 saturated carbocycles. The number of aromatic nitrogens is 3. The summed E-state index contributed by atoms with van der Waals surface area (Å²) in [6.07, 6.45) is 0. The maximum absolute atomic E-state index is 13.6. The number of imidazole rings is 1. The lowest BCUT2D eigenvalue weighted by atomic mass is 10.3. The average molecular weight is 465 g/mol. The lowest BCUT2D eigenvalue weighted by Gasteiger charge is -2.18. The minimum atomic E-state index is -2.69. The lowest BCUT2D eigenvalue weighted by molar-refractivity contribution is -0.115. The molecular weight excluding hydrogens is 450 g/mol. The molecule has 2 aromatic carbocycles. The Kier molecular flexibility index (Phi) is 6.03. The molecule has 0 N–H and O–H groups in total. The number of hydrogen-bond acceptors (Lipinski definition) is 5. The number of nitrogens with zero attached hydrogens (tertiary/aromatic N) is 4. The first-order chi connectivity index (χ1) is 14.4. The molecular formula is C20H15ClF2N4OS2. The second-order valence-corrected chi connectivity index (χ2v) is 8.49. The molecule has 0 bridgehead atoms. The number of thioether (sulfide) groups is 1. The first-order valence-electron chi connectivity index (χ1n) is 8.82. The van der Waals surface area contributed by atoms with Gasteiger partial charge in [-0.05, 0) is 30.3 Å². The highest BCUT2D eigenvalue weighted by molar-refractivity contribution is 7.98. The number of alkyl halides is 2. The molecule has 0 atom stereocenters. The van der Waals surface area contributed by atoms with E-state index in [4.69, 9.17) is 11.6 Å². The molecule has 0 aliphatic rings. The van der Waals surface area contributed by atoms with Crippen molar-refractivity contribution in [2.75, 3.05) is 4.90 Å². The van der Waals surface area contributed by atoms with E-state index in [1.165, 1.54) is 34.9 Å². The van der Waals surface area contributed by atoms with E-state index in [0.29, 0.717) is 38.3 Å². The Morgan fingerprint density at radius 3 is 2.77 bits per heavy atom. The van der Waals surface area contributed by atoms with Crippen LogP contribution in [0.15, 0.2) is 59.1 Å². The van der Waals surface area contributed by atoms with Crippen molar-refractivity contribution in [3.05, 3.63) is 64.6 Å². The molecule has 0 saturated heterocycles. The topological polar surface area (TPSA) is 51.0 Å². The monoisotopic (exact) mass is 464 g/mol. The van der Waals surface area contributed by atoms with Gasteiger partial charge in [0.2, 0.25) is 5.91 Å². The highest BCUT2D eigenvalue weighted by Crippen LogP contribution is 2.34. The Bertz CT molecular complexity index is 1210. The van der Waals surface area contributed by atoms with Crippen molar-refractivity contribution >= 4 is 62.5 Å². The summed E-state index contributed by atoms with van der Waals surface area (Å²) in [4.78, 5) is 22.5. The zero-order chi connectivity index (χ0) is 21.3. The number of amides is 1. The molecule has 154 valence electrons. The Balaban J connectivity index is 1.57. The SMILES string of the molecule is CC(=O)N(c1cccc(Cl)c1)c1nc(CSc2nc3ccccc3n2C(F)F)cs1. The zero-order valence-electron chi connectivity index (χ0n) is 15.6. The Morgan fingerprint density at radius 2 is 2.03 bits per heavy atom. The predicted octanol–water partition coefficient (Wildman–Crippen LogP) is 6.52. The van der Waals surface area contributed by atoms with Crippen LogP contribution in [0.4, 0.5) is 19.6 Å². The highest BCUT2D eigenvalue weighted by Gasteiger charge is 2.20. The van der Waals surface area contributed by atoms with E-state index in [-0.39, 0.29) is 11.1 Å². The van der Waals surface area contributed by atoms with E-state index in [1.807, 2.05) is 0 Å². The maximum Gasteiger partial charge on any atom is 0.321 e. The second-order valence-electron chi connectivity index (χ2n) is 6.28. The van der Waals surface area contributed by atoms with Crippen molar-refractivity contribution in [1.82, 2.24) is 14.5 Å². The lowest BCUT2D eigenvalue weighted by Crippen LogP contribution is -2.22. The average Bonchev–Trinajstić information content (AvgIpc) is 3.30. The van der Waals surface area contributed by atoms with Crippen LogP contribution in [0.25, 0.3) is 11.0 Å². The second kappa shape index (κ2) is 8.71. The van der Waals surface area contributed by atoms with Crippen LogP contribution in [0.2, 0.25) is 5.02 Å². The first-order valence-corrected chi connectivity index (χ1v) is 11.1. The molecule has 0 unspecified atom stereocenters. The van der Waals surface area contributed by atoms with Crippen LogP contribution >= 0.6 is 34.7 Å². The van der Waals surface area contributed by atoms with Gasteiger partial charge in [-0.2, -0.15) is 8.78 Å². The highest BCUT2D eigenvalue weighted by atomic mass is 35.5. The maximum atomic E-state index is 13.6. The fourth-order valence-electron chi connectivity index (χ4n) is 2.96. The minimum Gasteiger partial charge on any atom is -0.274 e. The molecule has 0 spiro atoms. The van der Waals surface area contributed by atoms with Crippen molar-refractivity contribution in [1.29, 1.82) is 0 Å².